The van der Waals surface area contributed by atoms with E-state index < -0.39 is 23.9 Å². The SMILES string of the molecule is Nc1cc(Cl)c(N)c2c1C(=O)C(F)(F)CO2. The van der Waals surface area contributed by atoms with Gasteiger partial charge in [0, 0.05) is 5.69 Å². The maximum Gasteiger partial charge on any atom is 0.343 e. The highest BCUT2D eigenvalue weighted by Gasteiger charge is 2.47. The molecule has 0 saturated carbocycles. The Kier molecular flexibility index (Phi) is 2.20. The summed E-state index contributed by atoms with van der Waals surface area (Å²) in [5.41, 5.74) is 10.3. The zero-order valence-electron chi connectivity index (χ0n) is 7.89. The van der Waals surface area contributed by atoms with Crippen LogP contribution in [0.2, 0.25) is 5.02 Å². The number of benzene rings is 1. The summed E-state index contributed by atoms with van der Waals surface area (Å²) >= 11 is 5.69. The molecule has 0 aromatic heterocycles. The number of nitrogen functional groups attached to an aromatic ring is 2. The molecule has 2 rings (SSSR count). The van der Waals surface area contributed by atoms with Gasteiger partial charge >= 0.3 is 5.92 Å². The van der Waals surface area contributed by atoms with Gasteiger partial charge in [0.1, 0.15) is 0 Å². The third-order valence-corrected chi connectivity index (χ3v) is 2.57. The van der Waals surface area contributed by atoms with Gasteiger partial charge < -0.3 is 16.2 Å². The van der Waals surface area contributed by atoms with Gasteiger partial charge in [-0.2, -0.15) is 8.78 Å². The quantitative estimate of drug-likeness (QED) is 0.685. The van der Waals surface area contributed by atoms with Gasteiger partial charge in [0.25, 0.3) is 0 Å². The van der Waals surface area contributed by atoms with E-state index in [0.29, 0.717) is 0 Å². The first-order valence-corrected chi connectivity index (χ1v) is 4.65. The Balaban J connectivity index is 2.70. The van der Waals surface area contributed by atoms with E-state index in [2.05, 4.69) is 0 Å². The van der Waals surface area contributed by atoms with E-state index in [4.69, 9.17) is 27.8 Å². The lowest BCUT2D eigenvalue weighted by molar-refractivity contribution is -0.0261. The average molecular weight is 249 g/mol. The van der Waals surface area contributed by atoms with Crippen LogP contribution in [0.5, 0.6) is 5.75 Å². The number of ether oxygens (including phenoxy) is 1. The second kappa shape index (κ2) is 3.21. The van der Waals surface area contributed by atoms with E-state index in [9.17, 15) is 13.6 Å². The minimum atomic E-state index is -3.58. The van der Waals surface area contributed by atoms with Crippen LogP contribution in [0.1, 0.15) is 10.4 Å². The molecule has 7 heteroatoms. The number of Topliss-reactive ketones (excluding diaryl/α,β-unsaturated/α-hetero) is 1. The first-order chi connectivity index (χ1) is 7.34. The summed E-state index contributed by atoms with van der Waals surface area (Å²) in [7, 11) is 0. The van der Waals surface area contributed by atoms with E-state index in [-0.39, 0.29) is 22.1 Å². The van der Waals surface area contributed by atoms with Crippen molar-refractivity contribution in [1.82, 2.24) is 0 Å². The Morgan fingerprint density at radius 3 is 2.69 bits per heavy atom. The van der Waals surface area contributed by atoms with Crippen molar-refractivity contribution in [3.63, 3.8) is 0 Å². The van der Waals surface area contributed by atoms with Crippen LogP contribution in [-0.2, 0) is 0 Å². The van der Waals surface area contributed by atoms with Gasteiger partial charge in [-0.1, -0.05) is 11.6 Å². The van der Waals surface area contributed by atoms with Crippen molar-refractivity contribution in [2.75, 3.05) is 18.1 Å². The molecule has 1 aromatic carbocycles. The molecule has 0 saturated heterocycles. The molecule has 0 spiro atoms. The van der Waals surface area contributed by atoms with Gasteiger partial charge in [0.15, 0.2) is 12.4 Å². The lowest BCUT2D eigenvalue weighted by Gasteiger charge is -2.25. The maximum atomic E-state index is 13.1. The third-order valence-electron chi connectivity index (χ3n) is 2.26. The van der Waals surface area contributed by atoms with Crippen LogP contribution in [0.4, 0.5) is 20.2 Å². The minimum Gasteiger partial charge on any atom is -0.484 e. The fraction of sp³-hybridized carbons (Fsp3) is 0.222. The summed E-state index contributed by atoms with van der Waals surface area (Å²) in [6.45, 7) is -1.05. The number of carbonyl (C=O) groups excluding carboxylic acids is 1. The number of halogens is 3. The maximum absolute atomic E-state index is 13.1. The average Bonchev–Trinajstić information content (AvgIpc) is 2.19. The minimum absolute atomic E-state index is 0.0604. The van der Waals surface area contributed by atoms with E-state index in [1.165, 1.54) is 0 Å². The number of alkyl halides is 2. The van der Waals surface area contributed by atoms with Crippen molar-refractivity contribution < 1.29 is 18.3 Å². The van der Waals surface area contributed by atoms with Crippen LogP contribution in [0.25, 0.3) is 0 Å². The lowest BCUT2D eigenvalue weighted by Crippen LogP contribution is -2.40. The van der Waals surface area contributed by atoms with Crippen LogP contribution >= 0.6 is 11.6 Å². The Hall–Kier alpha value is -1.56. The van der Waals surface area contributed by atoms with Gasteiger partial charge in [-0.05, 0) is 6.07 Å². The lowest BCUT2D eigenvalue weighted by atomic mass is 9.99. The van der Waals surface area contributed by atoms with Crippen molar-refractivity contribution in [2.24, 2.45) is 0 Å². The zero-order valence-corrected chi connectivity index (χ0v) is 8.65. The monoisotopic (exact) mass is 248 g/mol. The van der Waals surface area contributed by atoms with Crippen molar-refractivity contribution in [3.8, 4) is 5.75 Å². The molecule has 1 aromatic rings. The summed E-state index contributed by atoms with van der Waals surface area (Å²) in [5, 5.41) is 0.0641. The number of nitrogens with two attached hydrogens (primary N) is 2. The van der Waals surface area contributed by atoms with Crippen molar-refractivity contribution >= 4 is 28.8 Å². The first-order valence-electron chi connectivity index (χ1n) is 4.27. The Bertz CT molecular complexity index is 491. The molecule has 0 radical (unpaired) electrons. The molecule has 0 fully saturated rings. The molecular weight excluding hydrogens is 242 g/mol. The second-order valence-electron chi connectivity index (χ2n) is 3.39. The molecule has 4 nitrogen and oxygen atoms in total. The summed E-state index contributed by atoms with van der Waals surface area (Å²) < 4.78 is 30.9. The smallest absolute Gasteiger partial charge is 0.343 e. The standard InChI is InChI=1S/C9H7ClF2N2O2/c10-3-1-4(13)5-7(6(3)14)16-2-9(11,12)8(5)15/h1H,2,13-14H2. The molecule has 0 bridgehead atoms. The molecule has 0 atom stereocenters. The Labute approximate surface area is 94.1 Å². The summed E-state index contributed by atoms with van der Waals surface area (Å²) in [6.07, 6.45) is 0. The number of ketones is 1. The first kappa shape index (κ1) is 10.9. The fourth-order valence-electron chi connectivity index (χ4n) is 1.46. The molecule has 16 heavy (non-hydrogen) atoms. The number of hydrogen-bond acceptors (Lipinski definition) is 4. The zero-order chi connectivity index (χ0) is 12.1. The van der Waals surface area contributed by atoms with E-state index in [1.807, 2.05) is 0 Å². The van der Waals surface area contributed by atoms with Gasteiger partial charge in [0.2, 0.25) is 5.78 Å². The number of rotatable bonds is 0. The van der Waals surface area contributed by atoms with Gasteiger partial charge in [-0.25, -0.2) is 0 Å². The predicted octanol–water partition coefficient (Wildman–Crippen LogP) is 1.71. The van der Waals surface area contributed by atoms with Crippen LogP contribution in [-0.4, -0.2) is 18.3 Å². The van der Waals surface area contributed by atoms with E-state index in [0.717, 1.165) is 6.07 Å². The van der Waals surface area contributed by atoms with E-state index in [1.54, 1.807) is 0 Å². The summed E-state index contributed by atoms with van der Waals surface area (Å²) in [4.78, 5) is 11.4. The molecule has 1 heterocycles. The summed E-state index contributed by atoms with van der Waals surface area (Å²) in [5.74, 6) is -5.14. The molecule has 86 valence electrons. The number of carbonyl (C=O) groups is 1. The van der Waals surface area contributed by atoms with Crippen molar-refractivity contribution in [1.29, 1.82) is 0 Å². The Morgan fingerprint density at radius 2 is 2.06 bits per heavy atom. The highest BCUT2D eigenvalue weighted by atomic mass is 35.5. The number of fused-ring (bicyclic) bond motifs is 1. The number of anilines is 2. The molecule has 4 N–H and O–H groups in total. The topological polar surface area (TPSA) is 78.3 Å². The third kappa shape index (κ3) is 1.37. The predicted molar refractivity (Wildman–Crippen MR) is 55.0 cm³/mol. The van der Waals surface area contributed by atoms with Crippen LogP contribution in [0, 0.1) is 0 Å². The van der Waals surface area contributed by atoms with Gasteiger partial charge in [0.05, 0.1) is 16.3 Å². The van der Waals surface area contributed by atoms with Gasteiger partial charge in [-0.3, -0.25) is 4.79 Å². The molecule has 1 aliphatic rings. The van der Waals surface area contributed by atoms with Gasteiger partial charge in [-0.15, -0.1) is 0 Å². The normalized spacial score (nSPS) is 17.8. The highest BCUT2D eigenvalue weighted by Crippen LogP contribution is 2.43. The van der Waals surface area contributed by atoms with E-state index >= 15 is 0 Å². The van der Waals surface area contributed by atoms with Crippen LogP contribution in [0.3, 0.4) is 0 Å². The molecule has 0 unspecified atom stereocenters. The molecule has 0 amide bonds. The number of hydrogen-bond donors (Lipinski definition) is 2. The molecular formula is C9H7ClF2N2O2. The molecule has 1 aliphatic heterocycles. The fourth-order valence-corrected chi connectivity index (χ4v) is 1.66. The van der Waals surface area contributed by atoms with Crippen molar-refractivity contribution in [3.05, 3.63) is 16.7 Å². The Morgan fingerprint density at radius 1 is 1.44 bits per heavy atom. The molecule has 0 aliphatic carbocycles. The van der Waals surface area contributed by atoms with Crippen LogP contribution in [0.15, 0.2) is 6.07 Å². The summed E-state index contributed by atoms with van der Waals surface area (Å²) in [6, 6.07) is 1.15. The van der Waals surface area contributed by atoms with Crippen LogP contribution < -0.4 is 16.2 Å². The largest absolute Gasteiger partial charge is 0.484 e. The second-order valence-corrected chi connectivity index (χ2v) is 3.79. The highest BCUT2D eigenvalue weighted by molar-refractivity contribution is 6.34. The van der Waals surface area contributed by atoms with Crippen molar-refractivity contribution in [2.45, 2.75) is 5.92 Å².